The molecule has 8 heteroatoms. The molecule has 0 saturated carbocycles. The Bertz CT molecular complexity index is 984. The van der Waals surface area contributed by atoms with Crippen LogP contribution in [0.25, 0.3) is 0 Å². The van der Waals surface area contributed by atoms with Gasteiger partial charge in [-0.2, -0.15) is 0 Å². The predicted molar refractivity (Wildman–Crippen MR) is 95.9 cm³/mol. The van der Waals surface area contributed by atoms with E-state index in [9.17, 15) is 17.6 Å². The highest BCUT2D eigenvalue weighted by atomic mass is 32.2. The number of halogens is 1. The van der Waals surface area contributed by atoms with Gasteiger partial charge in [0.1, 0.15) is 5.82 Å². The summed E-state index contributed by atoms with van der Waals surface area (Å²) in [6.07, 6.45) is 0. The molecule has 1 heterocycles. The van der Waals surface area contributed by atoms with Gasteiger partial charge >= 0.3 is 0 Å². The van der Waals surface area contributed by atoms with Gasteiger partial charge in [-0.1, -0.05) is 18.2 Å². The fraction of sp³-hybridized carbons (Fsp3) is 0. The molecule has 3 aromatic rings. The lowest BCUT2D eigenvalue weighted by Gasteiger charge is -2.06. The van der Waals surface area contributed by atoms with Crippen LogP contribution < -0.4 is 10.0 Å². The number of amides is 1. The summed E-state index contributed by atoms with van der Waals surface area (Å²) < 4.78 is 39.9. The molecule has 128 valence electrons. The van der Waals surface area contributed by atoms with E-state index in [4.69, 9.17) is 0 Å². The van der Waals surface area contributed by atoms with Gasteiger partial charge in [0, 0.05) is 16.8 Å². The molecule has 0 bridgehead atoms. The van der Waals surface area contributed by atoms with E-state index in [1.807, 2.05) is 6.07 Å². The third-order valence-corrected chi connectivity index (χ3v) is 5.68. The highest BCUT2D eigenvalue weighted by Crippen LogP contribution is 2.23. The van der Waals surface area contributed by atoms with E-state index in [1.165, 1.54) is 23.6 Å². The summed E-state index contributed by atoms with van der Waals surface area (Å²) in [6, 6.07) is 15.1. The lowest BCUT2D eigenvalue weighted by Crippen LogP contribution is -2.13. The molecular formula is C17H13FN2O3S2. The molecule has 1 aromatic heterocycles. The summed E-state index contributed by atoms with van der Waals surface area (Å²) in [5.41, 5.74) is 0.859. The Morgan fingerprint density at radius 2 is 1.64 bits per heavy atom. The van der Waals surface area contributed by atoms with Gasteiger partial charge in [-0.15, -0.1) is 11.3 Å². The number of nitrogens with one attached hydrogen (secondary N) is 2. The van der Waals surface area contributed by atoms with Gasteiger partial charge in [-0.05, 0) is 42.5 Å². The van der Waals surface area contributed by atoms with E-state index in [-0.39, 0.29) is 21.4 Å². The van der Waals surface area contributed by atoms with Crippen molar-refractivity contribution in [3.8, 4) is 0 Å². The van der Waals surface area contributed by atoms with Crippen molar-refractivity contribution < 1.29 is 17.6 Å². The van der Waals surface area contributed by atoms with E-state index in [0.717, 1.165) is 23.5 Å². The molecule has 0 unspecified atom stereocenters. The molecule has 0 aliphatic rings. The Labute approximate surface area is 148 Å². The third kappa shape index (κ3) is 4.23. The summed E-state index contributed by atoms with van der Waals surface area (Å²) in [5.74, 6) is -0.849. The van der Waals surface area contributed by atoms with Crippen molar-refractivity contribution in [2.75, 3.05) is 10.0 Å². The standard InChI is InChI=1S/C17H13FN2O3S2/c18-12-6-8-14(9-7-12)20-25(22,23)15-10-16(24-11-15)17(21)19-13-4-2-1-3-5-13/h1-11,20H,(H,19,21). The Morgan fingerprint density at radius 3 is 2.32 bits per heavy atom. The van der Waals surface area contributed by atoms with E-state index >= 15 is 0 Å². The van der Waals surface area contributed by atoms with E-state index in [2.05, 4.69) is 10.0 Å². The second-order valence-electron chi connectivity index (χ2n) is 5.08. The predicted octanol–water partition coefficient (Wildman–Crippen LogP) is 3.94. The summed E-state index contributed by atoms with van der Waals surface area (Å²) in [7, 11) is -3.85. The zero-order chi connectivity index (χ0) is 17.9. The van der Waals surface area contributed by atoms with Crippen LogP contribution in [0.1, 0.15) is 9.67 Å². The molecule has 1 amide bonds. The summed E-state index contributed by atoms with van der Waals surface area (Å²) >= 11 is 1.03. The maximum atomic E-state index is 12.9. The molecule has 5 nitrogen and oxygen atoms in total. The highest BCUT2D eigenvalue weighted by molar-refractivity contribution is 7.92. The molecule has 0 saturated heterocycles. The first-order valence-corrected chi connectivity index (χ1v) is 9.54. The minimum atomic E-state index is -3.85. The number of hydrogen-bond donors (Lipinski definition) is 2. The van der Waals surface area contributed by atoms with Crippen LogP contribution in [0.2, 0.25) is 0 Å². The summed E-state index contributed by atoms with van der Waals surface area (Å²) in [5, 5.41) is 4.07. The zero-order valence-electron chi connectivity index (χ0n) is 12.8. The number of anilines is 2. The average Bonchev–Trinajstić information content (AvgIpc) is 3.09. The largest absolute Gasteiger partial charge is 0.321 e. The molecule has 3 rings (SSSR count). The van der Waals surface area contributed by atoms with Crippen LogP contribution in [-0.4, -0.2) is 14.3 Å². The number of carbonyl (C=O) groups is 1. The SMILES string of the molecule is O=C(Nc1ccccc1)c1cc(S(=O)(=O)Nc2ccc(F)cc2)cs1. The van der Waals surface area contributed by atoms with Crippen molar-refractivity contribution in [2.24, 2.45) is 0 Å². The molecular weight excluding hydrogens is 363 g/mol. The average molecular weight is 376 g/mol. The molecule has 0 fully saturated rings. The molecule has 0 aliphatic carbocycles. The minimum absolute atomic E-state index is 0.0277. The topological polar surface area (TPSA) is 75.3 Å². The monoisotopic (exact) mass is 376 g/mol. The molecule has 0 radical (unpaired) electrons. The van der Waals surface area contributed by atoms with Crippen molar-refractivity contribution in [1.29, 1.82) is 0 Å². The zero-order valence-corrected chi connectivity index (χ0v) is 14.4. The number of benzene rings is 2. The smallest absolute Gasteiger partial charge is 0.265 e. The Balaban J connectivity index is 1.75. The number of thiophene rings is 1. The van der Waals surface area contributed by atoms with Crippen LogP contribution in [0, 0.1) is 5.82 Å². The van der Waals surface area contributed by atoms with Gasteiger partial charge in [0.2, 0.25) is 0 Å². The Morgan fingerprint density at radius 1 is 0.960 bits per heavy atom. The number of carbonyl (C=O) groups excluding carboxylic acids is 1. The summed E-state index contributed by atoms with van der Waals surface area (Å²) in [4.78, 5) is 12.4. The lowest BCUT2D eigenvalue weighted by molar-refractivity contribution is 0.103. The third-order valence-electron chi connectivity index (χ3n) is 3.24. The van der Waals surface area contributed by atoms with Gasteiger partial charge in [0.15, 0.2) is 0 Å². The van der Waals surface area contributed by atoms with Gasteiger partial charge in [-0.3, -0.25) is 9.52 Å². The first kappa shape index (κ1) is 17.1. The van der Waals surface area contributed by atoms with Crippen LogP contribution >= 0.6 is 11.3 Å². The Kier molecular flexibility index (Phi) is 4.82. The van der Waals surface area contributed by atoms with E-state index in [1.54, 1.807) is 24.3 Å². The van der Waals surface area contributed by atoms with Crippen LogP contribution in [0.5, 0.6) is 0 Å². The van der Waals surface area contributed by atoms with Crippen molar-refractivity contribution in [3.63, 3.8) is 0 Å². The van der Waals surface area contributed by atoms with E-state index < -0.39 is 15.8 Å². The number of hydrogen-bond acceptors (Lipinski definition) is 4. The maximum Gasteiger partial charge on any atom is 0.265 e. The van der Waals surface area contributed by atoms with Crippen molar-refractivity contribution in [1.82, 2.24) is 0 Å². The molecule has 0 atom stereocenters. The number of sulfonamides is 1. The fourth-order valence-electron chi connectivity index (χ4n) is 2.02. The summed E-state index contributed by atoms with van der Waals surface area (Å²) in [6.45, 7) is 0. The van der Waals surface area contributed by atoms with Gasteiger partial charge in [0.05, 0.1) is 9.77 Å². The van der Waals surface area contributed by atoms with Crippen molar-refractivity contribution in [3.05, 3.63) is 76.7 Å². The van der Waals surface area contributed by atoms with Crippen LogP contribution in [0.3, 0.4) is 0 Å². The van der Waals surface area contributed by atoms with Crippen LogP contribution in [0.15, 0.2) is 70.9 Å². The van der Waals surface area contributed by atoms with Crippen molar-refractivity contribution >= 4 is 38.6 Å². The van der Waals surface area contributed by atoms with Crippen LogP contribution in [-0.2, 0) is 10.0 Å². The molecule has 25 heavy (non-hydrogen) atoms. The van der Waals surface area contributed by atoms with E-state index in [0.29, 0.717) is 5.69 Å². The van der Waals surface area contributed by atoms with Crippen molar-refractivity contribution in [2.45, 2.75) is 4.90 Å². The molecule has 0 spiro atoms. The van der Waals surface area contributed by atoms with Gasteiger partial charge in [0.25, 0.3) is 15.9 Å². The van der Waals surface area contributed by atoms with Gasteiger partial charge in [-0.25, -0.2) is 12.8 Å². The second kappa shape index (κ2) is 7.04. The number of para-hydroxylation sites is 1. The highest BCUT2D eigenvalue weighted by Gasteiger charge is 2.19. The lowest BCUT2D eigenvalue weighted by atomic mass is 10.3. The fourth-order valence-corrected chi connectivity index (χ4v) is 4.25. The first-order chi connectivity index (χ1) is 11.9. The maximum absolute atomic E-state index is 12.9. The molecule has 2 N–H and O–H groups in total. The minimum Gasteiger partial charge on any atom is -0.321 e. The Hall–Kier alpha value is -2.71. The van der Waals surface area contributed by atoms with Crippen LogP contribution in [0.4, 0.5) is 15.8 Å². The molecule has 0 aliphatic heterocycles. The quantitative estimate of drug-likeness (QED) is 0.708. The number of rotatable bonds is 5. The van der Waals surface area contributed by atoms with Gasteiger partial charge < -0.3 is 5.32 Å². The normalized spacial score (nSPS) is 11.1. The molecule has 2 aromatic carbocycles. The first-order valence-electron chi connectivity index (χ1n) is 7.17. The second-order valence-corrected chi connectivity index (χ2v) is 7.67.